The summed E-state index contributed by atoms with van der Waals surface area (Å²) in [6.07, 6.45) is -1.07. The summed E-state index contributed by atoms with van der Waals surface area (Å²) in [5.74, 6) is 1.10. The van der Waals surface area contributed by atoms with Gasteiger partial charge >= 0.3 is 12.0 Å². The Balaban J connectivity index is 1.07. The first-order valence-electron chi connectivity index (χ1n) is 16.3. The Labute approximate surface area is 295 Å². The highest BCUT2D eigenvalue weighted by molar-refractivity contribution is 7.99. The average Bonchev–Trinajstić information content (AvgIpc) is 3.15. The molecule has 256 valence electrons. The van der Waals surface area contributed by atoms with Crippen molar-refractivity contribution in [2.45, 2.75) is 43.5 Å². The van der Waals surface area contributed by atoms with Crippen LogP contribution in [0.4, 0.5) is 10.5 Å². The molecule has 0 aliphatic carbocycles. The number of aliphatic hydroxyl groups excluding tert-OH is 1. The molecule has 1 saturated heterocycles. The van der Waals surface area contributed by atoms with Crippen LogP contribution < -0.4 is 15.4 Å². The number of amides is 2. The molecule has 0 unspecified atom stereocenters. The van der Waals surface area contributed by atoms with Gasteiger partial charge < -0.3 is 35.1 Å². The van der Waals surface area contributed by atoms with Gasteiger partial charge in [-0.1, -0.05) is 73.7 Å². The van der Waals surface area contributed by atoms with Crippen LogP contribution in [0.5, 0.6) is 11.5 Å². The zero-order valence-corrected chi connectivity index (χ0v) is 28.2. The van der Waals surface area contributed by atoms with Crippen LogP contribution in [0.2, 0.25) is 0 Å². The minimum Gasteiger partial charge on any atom is -0.478 e. The third kappa shape index (κ3) is 9.10. The molecule has 0 bridgehead atoms. The van der Waals surface area contributed by atoms with Gasteiger partial charge in [0, 0.05) is 34.4 Å². The molecular weight excluding hydrogens is 653 g/mol. The maximum Gasteiger partial charge on any atom is 0.335 e. The summed E-state index contributed by atoms with van der Waals surface area (Å²) in [5, 5.41) is 24.5. The lowest BCUT2D eigenvalue weighted by Crippen LogP contribution is -2.38. The maximum atomic E-state index is 12.6. The van der Waals surface area contributed by atoms with E-state index < -0.39 is 12.3 Å². The van der Waals surface area contributed by atoms with Crippen molar-refractivity contribution in [2.75, 3.05) is 11.1 Å². The number of aromatic carboxylic acids is 1. The highest BCUT2D eigenvalue weighted by Crippen LogP contribution is 2.43. The Kier molecular flexibility index (Phi) is 11.5. The highest BCUT2D eigenvalue weighted by atomic mass is 32.2. The normalized spacial score (nSPS) is 18.6. The summed E-state index contributed by atoms with van der Waals surface area (Å²) in [7, 11) is 0. The molecule has 1 aliphatic rings. The van der Waals surface area contributed by atoms with E-state index in [4.69, 9.17) is 14.2 Å². The van der Waals surface area contributed by atoms with Gasteiger partial charge in [-0.15, -0.1) is 11.8 Å². The van der Waals surface area contributed by atoms with Gasteiger partial charge in [-0.2, -0.15) is 0 Å². The molecule has 0 aromatic heterocycles. The van der Waals surface area contributed by atoms with Gasteiger partial charge in [0.2, 0.25) is 0 Å². The third-order valence-corrected chi connectivity index (χ3v) is 9.54. The Morgan fingerprint density at radius 3 is 2.06 bits per heavy atom. The van der Waals surface area contributed by atoms with Gasteiger partial charge in [0.1, 0.15) is 11.5 Å². The number of carboxylic acids is 1. The smallest absolute Gasteiger partial charge is 0.335 e. The molecule has 6 rings (SSSR count). The van der Waals surface area contributed by atoms with Crippen LogP contribution in [0, 0.1) is 5.92 Å². The SMILES string of the molecule is C[C@@H]1[C@H](CSc2ccc(C(=O)O)cc2)O[C@H](c2ccc(CNC(=O)Nc3ccc(Oc4ccccc4)cc3)cc2)O[C@@H]1c1ccc(CO)cc1. The van der Waals surface area contributed by atoms with Crippen LogP contribution in [0.15, 0.2) is 132 Å². The van der Waals surface area contributed by atoms with Crippen molar-refractivity contribution >= 4 is 29.4 Å². The molecule has 5 aromatic carbocycles. The molecule has 4 N–H and O–H groups in total. The van der Waals surface area contributed by atoms with Crippen molar-refractivity contribution in [2.24, 2.45) is 5.92 Å². The Bertz CT molecular complexity index is 1850. The van der Waals surface area contributed by atoms with E-state index in [1.165, 1.54) is 0 Å². The number of anilines is 1. The predicted molar refractivity (Wildman–Crippen MR) is 192 cm³/mol. The minimum absolute atomic E-state index is 0.00611. The van der Waals surface area contributed by atoms with Gasteiger partial charge in [0.15, 0.2) is 6.29 Å². The fourth-order valence-corrected chi connectivity index (χ4v) is 6.63. The van der Waals surface area contributed by atoms with E-state index in [1.807, 2.05) is 91.0 Å². The summed E-state index contributed by atoms with van der Waals surface area (Å²) in [4.78, 5) is 24.9. The summed E-state index contributed by atoms with van der Waals surface area (Å²) >= 11 is 1.61. The standard InChI is InChI=1S/C40H38N2O7S/c1-26-36(25-50-35-21-15-30(16-22-35)38(44)45)48-39(49-37(26)29-11-9-28(24-43)10-12-29)31-13-7-27(8-14-31)23-41-40(46)42-32-17-19-34(20-18-32)47-33-5-3-2-4-6-33/h2-22,26,36-37,39,43H,23-25H2,1H3,(H,44,45)(H2,41,42,46)/t26-,36+,37+,39+/m1/s1. The van der Waals surface area contributed by atoms with E-state index in [9.17, 15) is 19.8 Å². The number of rotatable bonds is 12. The van der Waals surface area contributed by atoms with E-state index >= 15 is 0 Å². The van der Waals surface area contributed by atoms with Gasteiger partial charge in [0.25, 0.3) is 0 Å². The molecule has 1 fully saturated rings. The lowest BCUT2D eigenvalue weighted by molar-refractivity contribution is -0.268. The Morgan fingerprint density at radius 1 is 0.760 bits per heavy atom. The molecule has 50 heavy (non-hydrogen) atoms. The van der Waals surface area contributed by atoms with Gasteiger partial charge in [-0.3, -0.25) is 0 Å². The van der Waals surface area contributed by atoms with E-state index in [0.29, 0.717) is 23.7 Å². The first-order chi connectivity index (χ1) is 24.3. The van der Waals surface area contributed by atoms with Gasteiger partial charge in [-0.05, 0) is 77.4 Å². The lowest BCUT2D eigenvalue weighted by atomic mass is 9.91. The summed E-state index contributed by atoms with van der Waals surface area (Å²) in [6.45, 7) is 2.39. The molecule has 1 aliphatic heterocycles. The Hall–Kier alpha value is -5.13. The number of aliphatic hydroxyl groups is 1. The van der Waals surface area contributed by atoms with E-state index in [1.54, 1.807) is 48.2 Å². The number of para-hydroxylation sites is 1. The molecular formula is C40H38N2O7S. The fourth-order valence-electron chi connectivity index (χ4n) is 5.56. The summed E-state index contributed by atoms with van der Waals surface area (Å²) < 4.78 is 18.9. The molecule has 0 radical (unpaired) electrons. The summed E-state index contributed by atoms with van der Waals surface area (Å²) in [6, 6.07) is 38.7. The zero-order chi connectivity index (χ0) is 34.9. The molecule has 5 aromatic rings. The van der Waals surface area contributed by atoms with Crippen molar-refractivity contribution in [3.8, 4) is 11.5 Å². The number of ether oxygens (including phenoxy) is 3. The van der Waals surface area contributed by atoms with Crippen molar-refractivity contribution in [1.29, 1.82) is 0 Å². The Morgan fingerprint density at radius 2 is 1.40 bits per heavy atom. The largest absolute Gasteiger partial charge is 0.478 e. The molecule has 4 atom stereocenters. The number of hydrogen-bond acceptors (Lipinski definition) is 7. The number of nitrogens with one attached hydrogen (secondary N) is 2. The second-order valence-corrected chi connectivity index (χ2v) is 13.0. The quantitative estimate of drug-likeness (QED) is 0.0960. The number of hydrogen-bond donors (Lipinski definition) is 4. The number of carbonyl (C=O) groups excluding carboxylic acids is 1. The average molecular weight is 691 g/mol. The van der Waals surface area contributed by atoms with E-state index in [0.717, 1.165) is 32.9 Å². The second-order valence-electron chi connectivity index (χ2n) is 12.0. The molecule has 10 heteroatoms. The van der Waals surface area contributed by atoms with Crippen LogP contribution in [0.1, 0.15) is 51.9 Å². The van der Waals surface area contributed by atoms with Crippen LogP contribution in [0.25, 0.3) is 0 Å². The van der Waals surface area contributed by atoms with Gasteiger partial charge in [0.05, 0.1) is 24.4 Å². The van der Waals surface area contributed by atoms with Crippen molar-refractivity contribution in [1.82, 2.24) is 5.32 Å². The molecule has 1 heterocycles. The molecule has 2 amide bonds. The third-order valence-electron chi connectivity index (χ3n) is 8.43. The van der Waals surface area contributed by atoms with E-state index in [-0.39, 0.29) is 36.3 Å². The van der Waals surface area contributed by atoms with Crippen LogP contribution in [-0.4, -0.2) is 34.1 Å². The number of thioether (sulfide) groups is 1. The van der Waals surface area contributed by atoms with E-state index in [2.05, 4.69) is 17.6 Å². The number of benzene rings is 5. The minimum atomic E-state index is -0.956. The molecule has 0 spiro atoms. The molecule has 0 saturated carbocycles. The highest BCUT2D eigenvalue weighted by Gasteiger charge is 2.38. The second kappa shape index (κ2) is 16.5. The first-order valence-corrected chi connectivity index (χ1v) is 17.3. The van der Waals surface area contributed by atoms with Crippen LogP contribution in [0.3, 0.4) is 0 Å². The summed E-state index contributed by atoms with van der Waals surface area (Å²) in [5.41, 5.74) is 4.47. The number of carbonyl (C=O) groups is 2. The first kappa shape index (κ1) is 34.7. The maximum absolute atomic E-state index is 12.6. The molecule has 9 nitrogen and oxygen atoms in total. The van der Waals surface area contributed by atoms with Crippen molar-refractivity contribution in [3.63, 3.8) is 0 Å². The lowest BCUT2D eigenvalue weighted by Gasteiger charge is -2.41. The van der Waals surface area contributed by atoms with Crippen molar-refractivity contribution < 1.29 is 34.0 Å². The van der Waals surface area contributed by atoms with Crippen LogP contribution >= 0.6 is 11.8 Å². The fraction of sp³-hybridized carbons (Fsp3) is 0.200. The number of carboxylic acid groups (broad SMARTS) is 1. The number of urea groups is 1. The van der Waals surface area contributed by atoms with Crippen LogP contribution in [-0.2, 0) is 22.6 Å². The van der Waals surface area contributed by atoms with Gasteiger partial charge in [-0.25, -0.2) is 9.59 Å². The zero-order valence-electron chi connectivity index (χ0n) is 27.4. The van der Waals surface area contributed by atoms with Crippen molar-refractivity contribution in [3.05, 3.63) is 155 Å². The monoisotopic (exact) mass is 690 g/mol. The topological polar surface area (TPSA) is 126 Å². The predicted octanol–water partition coefficient (Wildman–Crippen LogP) is 8.57.